The molecule has 5 nitrogen and oxygen atoms in total. The van der Waals surface area contributed by atoms with E-state index in [1.165, 1.54) is 11.3 Å². The zero-order valence-electron chi connectivity index (χ0n) is 11.7. The quantitative estimate of drug-likeness (QED) is 0.314. The molecule has 1 aromatic carbocycles. The van der Waals surface area contributed by atoms with Crippen LogP contribution < -0.4 is 5.43 Å². The summed E-state index contributed by atoms with van der Waals surface area (Å²) >= 11 is 9.59. The van der Waals surface area contributed by atoms with Gasteiger partial charge >= 0.3 is 5.97 Å². The van der Waals surface area contributed by atoms with Gasteiger partial charge in [-0.3, -0.25) is 10.2 Å². The van der Waals surface area contributed by atoms with Crippen LogP contribution in [0.2, 0.25) is 5.02 Å². The monoisotopic (exact) mass is 449 g/mol. The molecule has 0 amide bonds. The molecule has 0 saturated heterocycles. The van der Waals surface area contributed by atoms with Gasteiger partial charge in [0.2, 0.25) is 5.13 Å². The van der Waals surface area contributed by atoms with E-state index in [-0.39, 0.29) is 12.4 Å². The minimum absolute atomic E-state index is 0.169. The number of hydrogen-bond donors (Lipinski definition) is 1. The van der Waals surface area contributed by atoms with E-state index in [0.29, 0.717) is 22.5 Å². The molecule has 0 aliphatic heterocycles. The van der Waals surface area contributed by atoms with Gasteiger partial charge in [0.05, 0.1) is 30.0 Å². The number of aromatic nitrogens is 1. The maximum Gasteiger partial charge on any atom is 0.311 e. The molecule has 22 heavy (non-hydrogen) atoms. The summed E-state index contributed by atoms with van der Waals surface area (Å²) in [6, 6.07) is 5.62. The fourth-order valence-corrected chi connectivity index (χ4v) is 2.92. The molecule has 0 aliphatic rings. The molecule has 0 atom stereocenters. The Hall–Kier alpha value is -1.19. The van der Waals surface area contributed by atoms with Crippen LogP contribution in [0.3, 0.4) is 0 Å². The lowest BCUT2D eigenvalue weighted by atomic mass is 10.2. The maximum absolute atomic E-state index is 11.4. The molecule has 1 N–H and O–H groups in total. The van der Waals surface area contributed by atoms with Crippen LogP contribution in [-0.4, -0.2) is 23.8 Å². The van der Waals surface area contributed by atoms with E-state index in [2.05, 4.69) is 38.1 Å². The van der Waals surface area contributed by atoms with Crippen LogP contribution in [0, 0.1) is 3.57 Å². The van der Waals surface area contributed by atoms with Crippen LogP contribution in [0.1, 0.15) is 18.2 Å². The second-order valence-corrected chi connectivity index (χ2v) is 6.48. The molecule has 8 heteroatoms. The summed E-state index contributed by atoms with van der Waals surface area (Å²) in [7, 11) is 0. The Balaban J connectivity index is 1.94. The van der Waals surface area contributed by atoms with Gasteiger partial charge in [-0.1, -0.05) is 23.7 Å². The molecule has 0 aliphatic carbocycles. The molecule has 0 spiro atoms. The first-order valence-electron chi connectivity index (χ1n) is 6.43. The van der Waals surface area contributed by atoms with Crippen molar-refractivity contribution in [2.24, 2.45) is 5.10 Å². The van der Waals surface area contributed by atoms with E-state index in [9.17, 15) is 4.79 Å². The Morgan fingerprint density at radius 3 is 3.18 bits per heavy atom. The highest BCUT2D eigenvalue weighted by molar-refractivity contribution is 14.1. The van der Waals surface area contributed by atoms with Crippen molar-refractivity contribution in [2.45, 2.75) is 13.3 Å². The number of halogens is 2. The number of nitrogens with zero attached hydrogens (tertiary/aromatic N) is 2. The average Bonchev–Trinajstić information content (AvgIpc) is 2.91. The Bertz CT molecular complexity index is 690. The van der Waals surface area contributed by atoms with Crippen molar-refractivity contribution in [1.29, 1.82) is 0 Å². The molecular weight excluding hydrogens is 437 g/mol. The number of esters is 1. The highest BCUT2D eigenvalue weighted by atomic mass is 127. The van der Waals surface area contributed by atoms with Crippen LogP contribution in [0.15, 0.2) is 28.7 Å². The zero-order valence-corrected chi connectivity index (χ0v) is 15.4. The maximum atomic E-state index is 11.4. The molecule has 1 heterocycles. The predicted molar refractivity (Wildman–Crippen MR) is 97.8 cm³/mol. The van der Waals surface area contributed by atoms with Crippen molar-refractivity contribution >= 4 is 62.8 Å². The topological polar surface area (TPSA) is 63.6 Å². The van der Waals surface area contributed by atoms with Gasteiger partial charge in [-0.15, -0.1) is 11.3 Å². The molecule has 2 aromatic rings. The zero-order chi connectivity index (χ0) is 15.9. The Morgan fingerprint density at radius 1 is 1.59 bits per heavy atom. The molecule has 0 fully saturated rings. The number of thiazole rings is 1. The second-order valence-electron chi connectivity index (χ2n) is 4.14. The van der Waals surface area contributed by atoms with Crippen LogP contribution in [0.4, 0.5) is 5.13 Å². The number of hydrogen-bond acceptors (Lipinski definition) is 6. The number of carbonyl (C=O) groups excluding carboxylic acids is 1. The van der Waals surface area contributed by atoms with E-state index < -0.39 is 0 Å². The van der Waals surface area contributed by atoms with Gasteiger partial charge in [0.15, 0.2) is 0 Å². The fraction of sp³-hybridized carbons (Fsp3) is 0.214. The van der Waals surface area contributed by atoms with Gasteiger partial charge in [-0.2, -0.15) is 5.10 Å². The number of anilines is 1. The normalized spacial score (nSPS) is 10.9. The van der Waals surface area contributed by atoms with Crippen molar-refractivity contribution in [2.75, 3.05) is 12.0 Å². The van der Waals surface area contributed by atoms with Gasteiger partial charge in [0.25, 0.3) is 0 Å². The lowest BCUT2D eigenvalue weighted by Crippen LogP contribution is -2.07. The molecule has 0 unspecified atom stereocenters. The smallest absolute Gasteiger partial charge is 0.311 e. The number of benzene rings is 1. The van der Waals surface area contributed by atoms with E-state index in [0.717, 1.165) is 9.13 Å². The lowest BCUT2D eigenvalue weighted by molar-refractivity contribution is -0.142. The van der Waals surface area contributed by atoms with Crippen LogP contribution in [-0.2, 0) is 16.0 Å². The summed E-state index contributed by atoms with van der Waals surface area (Å²) in [6.45, 7) is 2.15. The van der Waals surface area contributed by atoms with Crippen molar-refractivity contribution < 1.29 is 9.53 Å². The van der Waals surface area contributed by atoms with E-state index in [1.54, 1.807) is 18.5 Å². The van der Waals surface area contributed by atoms with Crippen LogP contribution in [0.25, 0.3) is 0 Å². The third-order valence-electron chi connectivity index (χ3n) is 2.53. The Morgan fingerprint density at radius 2 is 2.41 bits per heavy atom. The van der Waals surface area contributed by atoms with Crippen LogP contribution >= 0.6 is 45.5 Å². The summed E-state index contributed by atoms with van der Waals surface area (Å²) in [5, 5.41) is 7.25. The van der Waals surface area contributed by atoms with Gasteiger partial charge in [-0.25, -0.2) is 4.98 Å². The number of ether oxygens (including phenoxy) is 1. The van der Waals surface area contributed by atoms with Gasteiger partial charge < -0.3 is 4.74 Å². The summed E-state index contributed by atoms with van der Waals surface area (Å²) in [6.07, 6.45) is 1.85. The molecule has 0 bridgehead atoms. The van der Waals surface area contributed by atoms with Gasteiger partial charge in [0.1, 0.15) is 0 Å². The average molecular weight is 450 g/mol. The minimum atomic E-state index is -0.281. The first kappa shape index (κ1) is 17.2. The fourth-order valence-electron chi connectivity index (χ4n) is 1.58. The van der Waals surface area contributed by atoms with Crippen LogP contribution in [0.5, 0.6) is 0 Å². The van der Waals surface area contributed by atoms with Crippen molar-refractivity contribution in [3.63, 3.8) is 0 Å². The largest absolute Gasteiger partial charge is 0.466 e. The summed E-state index contributed by atoms with van der Waals surface area (Å²) in [5.74, 6) is -0.281. The van der Waals surface area contributed by atoms with Gasteiger partial charge in [-0.05, 0) is 35.6 Å². The SMILES string of the molecule is CCOC(=O)Cc1csc(NN=Cc2cccc(Cl)c2I)n1. The molecular formula is C14H13ClIN3O2S. The predicted octanol–water partition coefficient (Wildman–Crippen LogP) is 3.95. The first-order valence-corrected chi connectivity index (χ1v) is 8.77. The summed E-state index contributed by atoms with van der Waals surface area (Å²) < 4.78 is 5.82. The Kier molecular flexibility index (Phi) is 6.59. The van der Waals surface area contributed by atoms with Crippen molar-refractivity contribution in [3.05, 3.63) is 43.4 Å². The third kappa shape index (κ3) is 4.92. The highest BCUT2D eigenvalue weighted by Crippen LogP contribution is 2.21. The second kappa shape index (κ2) is 8.44. The molecule has 0 radical (unpaired) electrons. The Labute approximate surface area is 150 Å². The number of carbonyl (C=O) groups is 1. The molecule has 116 valence electrons. The number of rotatable bonds is 6. The number of nitrogens with one attached hydrogen (secondary N) is 1. The first-order chi connectivity index (χ1) is 10.6. The summed E-state index contributed by atoms with van der Waals surface area (Å²) in [5.41, 5.74) is 4.43. The molecule has 0 saturated carbocycles. The lowest BCUT2D eigenvalue weighted by Gasteiger charge is -2.00. The van der Waals surface area contributed by atoms with Crippen molar-refractivity contribution in [3.8, 4) is 0 Å². The van der Waals surface area contributed by atoms with Gasteiger partial charge in [0, 0.05) is 14.5 Å². The van der Waals surface area contributed by atoms with E-state index in [4.69, 9.17) is 16.3 Å². The minimum Gasteiger partial charge on any atom is -0.466 e. The number of hydrazone groups is 1. The molecule has 1 aromatic heterocycles. The third-order valence-corrected chi connectivity index (χ3v) is 5.16. The highest BCUT2D eigenvalue weighted by Gasteiger charge is 2.08. The van der Waals surface area contributed by atoms with E-state index in [1.807, 2.05) is 18.2 Å². The standard InChI is InChI=1S/C14H13ClIN3O2S/c1-2-21-12(20)6-10-8-22-14(18-10)19-17-7-9-4-3-5-11(15)13(9)16/h3-5,7-8H,2,6H2,1H3,(H,18,19). The summed E-state index contributed by atoms with van der Waals surface area (Å²) in [4.78, 5) is 15.6. The molecule has 2 rings (SSSR count). The van der Waals surface area contributed by atoms with E-state index >= 15 is 0 Å². The van der Waals surface area contributed by atoms with Crippen molar-refractivity contribution in [1.82, 2.24) is 4.98 Å².